The number of hydrogen-bond acceptors (Lipinski definition) is 2. The van der Waals surface area contributed by atoms with Crippen molar-refractivity contribution in [1.29, 1.82) is 10.5 Å². The molecule has 0 saturated heterocycles. The second kappa shape index (κ2) is 16.1. The molecule has 0 amide bonds. The Kier molecular flexibility index (Phi) is 9.46. The molecule has 2 aromatic heterocycles. The van der Waals surface area contributed by atoms with Gasteiger partial charge in [-0.2, -0.15) is 10.5 Å². The van der Waals surface area contributed by atoms with Crippen molar-refractivity contribution < 1.29 is 0 Å². The van der Waals surface area contributed by atoms with Crippen LogP contribution in [0.3, 0.4) is 0 Å². The largest absolute Gasteiger partial charge is 0.309 e. The van der Waals surface area contributed by atoms with Crippen LogP contribution in [0, 0.1) is 29.6 Å². The van der Waals surface area contributed by atoms with E-state index in [1.165, 1.54) is 0 Å². The molecule has 0 aliphatic rings. The Morgan fingerprint density at radius 1 is 0.313 bits per heavy atom. The predicted octanol–water partition coefficient (Wildman–Crippen LogP) is 16.3. The molecule has 0 aliphatic heterocycles. The molecule has 0 atom stereocenters. The van der Waals surface area contributed by atoms with E-state index in [0.717, 1.165) is 116 Å². The summed E-state index contributed by atoms with van der Waals surface area (Å²) in [5.74, 6) is 0. The molecular weight excluding hydrogens is 813 g/mol. The molecule has 0 fully saturated rings. The smallest absolute Gasteiger partial charge is 0.101 e. The first kappa shape index (κ1) is 39.4. The fourth-order valence-electron chi connectivity index (χ4n) is 10.1. The average Bonchev–Trinajstić information content (AvgIpc) is 3.90. The van der Waals surface area contributed by atoms with E-state index in [1.54, 1.807) is 0 Å². The van der Waals surface area contributed by atoms with Crippen LogP contribution in [0.5, 0.6) is 0 Å². The van der Waals surface area contributed by atoms with E-state index in [-0.39, 0.29) is 0 Å². The lowest BCUT2D eigenvalue weighted by Gasteiger charge is -2.19. The van der Waals surface area contributed by atoms with Crippen molar-refractivity contribution in [3.05, 3.63) is 241 Å². The van der Waals surface area contributed by atoms with Gasteiger partial charge in [0.05, 0.1) is 50.6 Å². The van der Waals surface area contributed by atoms with Crippen LogP contribution in [-0.2, 0) is 0 Å². The Hall–Kier alpha value is -9.22. The Bertz CT molecular complexity index is 3790. The van der Waals surface area contributed by atoms with Gasteiger partial charge in [0.15, 0.2) is 0 Å². The zero-order chi connectivity index (χ0) is 45.0. The molecule has 2 heterocycles. The van der Waals surface area contributed by atoms with Crippen molar-refractivity contribution in [3.63, 3.8) is 0 Å². The second-order valence-electron chi connectivity index (χ2n) is 17.3. The van der Waals surface area contributed by atoms with Crippen LogP contribution < -0.4 is 0 Å². The Morgan fingerprint density at radius 2 is 0.687 bits per heavy atom. The fourth-order valence-corrected chi connectivity index (χ4v) is 10.1. The summed E-state index contributed by atoms with van der Waals surface area (Å²) in [6.07, 6.45) is 0. The number of nitrogens with zero attached hydrogens (tertiary/aromatic N) is 4. The molecular formula is C63H40N4. The molecule has 67 heavy (non-hydrogen) atoms. The normalized spacial score (nSPS) is 11.3. The van der Waals surface area contributed by atoms with E-state index in [9.17, 15) is 10.5 Å². The van der Waals surface area contributed by atoms with Crippen LogP contribution in [0.25, 0.3) is 111 Å². The lowest BCUT2D eigenvalue weighted by Crippen LogP contribution is -2.04. The molecule has 0 aliphatic carbocycles. The highest BCUT2D eigenvalue weighted by atomic mass is 15.0. The summed E-state index contributed by atoms with van der Waals surface area (Å²) < 4.78 is 4.57. The molecule has 12 rings (SSSR count). The van der Waals surface area contributed by atoms with E-state index in [4.69, 9.17) is 0 Å². The van der Waals surface area contributed by atoms with Gasteiger partial charge in [-0.15, -0.1) is 0 Å². The number of fused-ring (bicyclic) bond motifs is 6. The second-order valence-corrected chi connectivity index (χ2v) is 17.3. The maximum atomic E-state index is 11.4. The number of nitriles is 2. The Labute approximate surface area is 388 Å². The van der Waals surface area contributed by atoms with Crippen molar-refractivity contribution in [3.8, 4) is 79.1 Å². The zero-order valence-electron chi connectivity index (χ0n) is 36.7. The van der Waals surface area contributed by atoms with Crippen molar-refractivity contribution in [2.45, 2.75) is 6.92 Å². The van der Waals surface area contributed by atoms with Crippen molar-refractivity contribution in [2.75, 3.05) is 0 Å². The minimum atomic E-state index is 0.529. The van der Waals surface area contributed by atoms with E-state index in [2.05, 4.69) is 209 Å². The summed E-state index contributed by atoms with van der Waals surface area (Å²) in [5.41, 5.74) is 18.6. The maximum absolute atomic E-state index is 11.4. The first-order valence-corrected chi connectivity index (χ1v) is 22.5. The zero-order valence-corrected chi connectivity index (χ0v) is 36.7. The Morgan fingerprint density at radius 3 is 1.04 bits per heavy atom. The lowest BCUT2D eigenvalue weighted by atomic mass is 9.96. The maximum Gasteiger partial charge on any atom is 0.101 e. The number of aryl methyl sites for hydroxylation is 1. The average molecular weight is 853 g/mol. The van der Waals surface area contributed by atoms with Gasteiger partial charge >= 0.3 is 0 Å². The van der Waals surface area contributed by atoms with Crippen molar-refractivity contribution >= 4 is 43.6 Å². The highest BCUT2D eigenvalue weighted by molar-refractivity contribution is 6.14. The SMILES string of the molecule is Cc1cc(C#N)cc(-c2cc(-n3c4ccc(-c5ccccc5)cc4c4cc(-c5ccccc5)ccc43)c(C#N)cc2-n2c3ccc(-c4ccccc4)cc3c3cc(-c4ccccc4)ccc32)c1. The summed E-state index contributed by atoms with van der Waals surface area (Å²) in [7, 11) is 0. The van der Waals surface area contributed by atoms with Gasteiger partial charge in [-0.1, -0.05) is 152 Å². The topological polar surface area (TPSA) is 57.4 Å². The highest BCUT2D eigenvalue weighted by Crippen LogP contribution is 2.44. The monoisotopic (exact) mass is 852 g/mol. The molecule has 0 radical (unpaired) electrons. The van der Waals surface area contributed by atoms with Crippen LogP contribution in [0.2, 0.25) is 0 Å². The van der Waals surface area contributed by atoms with Crippen LogP contribution in [0.15, 0.2) is 224 Å². The van der Waals surface area contributed by atoms with Gasteiger partial charge in [-0.25, -0.2) is 0 Å². The fraction of sp³-hybridized carbons (Fsp3) is 0.0159. The molecule has 0 spiro atoms. The van der Waals surface area contributed by atoms with Gasteiger partial charge in [0.1, 0.15) is 6.07 Å². The van der Waals surface area contributed by atoms with E-state index in [0.29, 0.717) is 11.1 Å². The molecule has 10 aromatic carbocycles. The van der Waals surface area contributed by atoms with Crippen molar-refractivity contribution in [2.24, 2.45) is 0 Å². The Balaban J connectivity index is 1.17. The molecule has 4 heteroatoms. The van der Waals surface area contributed by atoms with E-state index < -0.39 is 0 Å². The molecule has 4 nitrogen and oxygen atoms in total. The van der Waals surface area contributed by atoms with Gasteiger partial charge in [0.2, 0.25) is 0 Å². The minimum Gasteiger partial charge on any atom is -0.309 e. The molecule has 0 unspecified atom stereocenters. The first-order valence-electron chi connectivity index (χ1n) is 22.5. The molecule has 0 bridgehead atoms. The third-order valence-corrected chi connectivity index (χ3v) is 13.2. The number of benzene rings is 10. The molecule has 0 saturated carbocycles. The number of hydrogen-bond donors (Lipinski definition) is 0. The quantitative estimate of drug-likeness (QED) is 0.160. The van der Waals surface area contributed by atoms with Crippen LogP contribution in [0.1, 0.15) is 16.7 Å². The van der Waals surface area contributed by atoms with Gasteiger partial charge in [-0.3, -0.25) is 0 Å². The van der Waals surface area contributed by atoms with E-state index in [1.807, 2.05) is 43.3 Å². The minimum absolute atomic E-state index is 0.529. The summed E-state index contributed by atoms with van der Waals surface area (Å²) in [6, 6.07) is 84.0. The van der Waals surface area contributed by atoms with Gasteiger partial charge in [-0.05, 0) is 135 Å². The van der Waals surface area contributed by atoms with Gasteiger partial charge in [0, 0.05) is 27.1 Å². The summed E-state index contributed by atoms with van der Waals surface area (Å²) in [6.45, 7) is 2.03. The molecule has 312 valence electrons. The van der Waals surface area contributed by atoms with Crippen LogP contribution >= 0.6 is 0 Å². The molecule has 12 aromatic rings. The third-order valence-electron chi connectivity index (χ3n) is 13.2. The summed E-state index contributed by atoms with van der Waals surface area (Å²) in [4.78, 5) is 0. The first-order chi connectivity index (χ1) is 33.0. The van der Waals surface area contributed by atoms with Crippen molar-refractivity contribution in [1.82, 2.24) is 9.13 Å². The predicted molar refractivity (Wildman–Crippen MR) is 276 cm³/mol. The highest BCUT2D eigenvalue weighted by Gasteiger charge is 2.23. The number of rotatable bonds is 7. The van der Waals surface area contributed by atoms with Crippen LogP contribution in [-0.4, -0.2) is 9.13 Å². The summed E-state index contributed by atoms with van der Waals surface area (Å²) >= 11 is 0. The molecule has 0 N–H and O–H groups in total. The number of aromatic nitrogens is 2. The lowest BCUT2D eigenvalue weighted by molar-refractivity contribution is 1.13. The van der Waals surface area contributed by atoms with Gasteiger partial charge < -0.3 is 9.13 Å². The van der Waals surface area contributed by atoms with Crippen LogP contribution in [0.4, 0.5) is 0 Å². The van der Waals surface area contributed by atoms with Gasteiger partial charge in [0.25, 0.3) is 0 Å². The van der Waals surface area contributed by atoms with E-state index >= 15 is 0 Å². The summed E-state index contributed by atoms with van der Waals surface area (Å²) in [5, 5.41) is 26.1. The standard InChI is InChI=1S/C63H40N4/c1-41-30-42(39-64)32-51(31-41)53-38-62(66-58-26-22-47(43-14-6-2-7-15-43)33-54(58)55-34-48(23-27-59(55)66)44-16-8-3-9-17-44)52(40-65)37-63(53)67-60-28-24-49(45-18-10-4-11-19-45)35-56(60)57-36-50(25-29-61(57)67)46-20-12-5-13-21-46/h2-38H,1H3. The third kappa shape index (κ3) is 6.76.